The van der Waals surface area contributed by atoms with Crippen LogP contribution in [0.5, 0.6) is 5.75 Å². The summed E-state index contributed by atoms with van der Waals surface area (Å²) in [6.45, 7) is 6.57. The van der Waals surface area contributed by atoms with Gasteiger partial charge >= 0.3 is 0 Å². The van der Waals surface area contributed by atoms with Crippen LogP contribution in [0.25, 0.3) is 0 Å². The number of sulfonamides is 1. The van der Waals surface area contributed by atoms with Gasteiger partial charge in [0.05, 0.1) is 19.1 Å². The zero-order valence-electron chi connectivity index (χ0n) is 19.1. The van der Waals surface area contributed by atoms with Gasteiger partial charge in [-0.25, -0.2) is 8.42 Å². The lowest BCUT2D eigenvalue weighted by molar-refractivity contribution is -0.121. The summed E-state index contributed by atoms with van der Waals surface area (Å²) < 4.78 is 31.0. The predicted molar refractivity (Wildman–Crippen MR) is 126 cm³/mol. The minimum absolute atomic E-state index is 0.00658. The number of rotatable bonds is 11. The number of ether oxygens (including phenoxy) is 1. The average Bonchev–Trinajstić information content (AvgIpc) is 2.70. The molecule has 0 aliphatic heterocycles. The van der Waals surface area contributed by atoms with E-state index in [2.05, 4.69) is 31.3 Å². The van der Waals surface area contributed by atoms with Crippen LogP contribution in [0, 0.1) is 0 Å². The Morgan fingerprint density at radius 3 is 2.42 bits per heavy atom. The van der Waals surface area contributed by atoms with Crippen molar-refractivity contribution in [3.05, 3.63) is 60.2 Å². The Kier molecular flexibility index (Phi) is 8.51. The second-order valence-electron chi connectivity index (χ2n) is 8.56. The Morgan fingerprint density at radius 1 is 1.13 bits per heavy atom. The van der Waals surface area contributed by atoms with Gasteiger partial charge in [-0.3, -0.25) is 9.10 Å². The Morgan fingerprint density at radius 2 is 1.81 bits per heavy atom. The monoisotopic (exact) mass is 446 g/mol. The summed E-state index contributed by atoms with van der Waals surface area (Å²) in [5.41, 5.74) is 1.70. The first-order valence-electron chi connectivity index (χ1n) is 10.5. The van der Waals surface area contributed by atoms with Crippen LogP contribution in [0.4, 0.5) is 5.69 Å². The summed E-state index contributed by atoms with van der Waals surface area (Å²) in [4.78, 5) is 12.4. The van der Waals surface area contributed by atoms with Gasteiger partial charge in [0, 0.05) is 25.1 Å². The van der Waals surface area contributed by atoms with Gasteiger partial charge in [-0.2, -0.15) is 0 Å². The maximum Gasteiger partial charge on any atom is 0.232 e. The number of nitrogens with one attached hydrogen (secondary N) is 1. The summed E-state index contributed by atoms with van der Waals surface area (Å²) >= 11 is 0. The molecule has 0 heterocycles. The fourth-order valence-electron chi connectivity index (χ4n) is 3.81. The number of methoxy groups -OCH3 is 1. The van der Waals surface area contributed by atoms with E-state index in [4.69, 9.17) is 4.74 Å². The predicted octanol–water partition coefficient (Wildman–Crippen LogP) is 4.11. The highest BCUT2D eigenvalue weighted by molar-refractivity contribution is 7.92. The van der Waals surface area contributed by atoms with Crippen molar-refractivity contribution >= 4 is 21.6 Å². The first kappa shape index (κ1) is 24.7. The molecule has 0 fully saturated rings. The van der Waals surface area contributed by atoms with Crippen LogP contribution in [0.3, 0.4) is 0 Å². The van der Waals surface area contributed by atoms with Gasteiger partial charge in [0.1, 0.15) is 5.75 Å². The van der Waals surface area contributed by atoms with Crippen LogP contribution >= 0.6 is 0 Å². The number of hydrogen-bond acceptors (Lipinski definition) is 4. The van der Waals surface area contributed by atoms with Crippen LogP contribution in [0.15, 0.2) is 54.6 Å². The molecular weight excluding hydrogens is 412 g/mol. The number of anilines is 1. The molecule has 7 heteroatoms. The quantitative estimate of drug-likeness (QED) is 0.564. The standard InChI is InChI=1S/C24H34N2O4S/c1-19(18-24(2,3)20-11-7-6-8-12-20)25-23(27)15-10-16-26(31(5,28)29)21-13-9-14-22(17-21)30-4/h6-9,11-14,17,19H,10,15-16,18H2,1-5H3,(H,25,27)/t19-/m0/s1. The Labute approximate surface area is 186 Å². The topological polar surface area (TPSA) is 75.7 Å². The molecule has 6 nitrogen and oxygen atoms in total. The van der Waals surface area contributed by atoms with Crippen molar-refractivity contribution in [2.24, 2.45) is 0 Å². The Bertz CT molecular complexity index is 959. The molecule has 0 bridgehead atoms. The maximum atomic E-state index is 12.4. The van der Waals surface area contributed by atoms with E-state index < -0.39 is 10.0 Å². The zero-order valence-corrected chi connectivity index (χ0v) is 19.9. The third kappa shape index (κ3) is 7.58. The van der Waals surface area contributed by atoms with E-state index >= 15 is 0 Å². The van der Waals surface area contributed by atoms with Crippen LogP contribution in [-0.2, 0) is 20.2 Å². The molecular formula is C24H34N2O4S. The summed E-state index contributed by atoms with van der Waals surface area (Å²) in [5.74, 6) is 0.509. The molecule has 2 aromatic carbocycles. The fourth-order valence-corrected chi connectivity index (χ4v) is 4.76. The van der Waals surface area contributed by atoms with Crippen LogP contribution in [-0.4, -0.2) is 40.3 Å². The third-order valence-corrected chi connectivity index (χ3v) is 6.48. The molecule has 1 N–H and O–H groups in total. The highest BCUT2D eigenvalue weighted by atomic mass is 32.2. The van der Waals surface area contributed by atoms with E-state index in [1.807, 2.05) is 25.1 Å². The second kappa shape index (κ2) is 10.7. The molecule has 0 saturated carbocycles. The number of amides is 1. The molecule has 0 aliphatic rings. The molecule has 1 atom stereocenters. The number of carbonyl (C=O) groups is 1. The lowest BCUT2D eigenvalue weighted by atomic mass is 9.79. The Balaban J connectivity index is 1.90. The van der Waals surface area contributed by atoms with Gasteiger partial charge in [0.15, 0.2) is 0 Å². The normalized spacial score (nSPS) is 12.8. The molecule has 0 saturated heterocycles. The molecule has 0 unspecified atom stereocenters. The van der Waals surface area contributed by atoms with Crippen LogP contribution < -0.4 is 14.4 Å². The molecule has 170 valence electrons. The fraction of sp³-hybridized carbons (Fsp3) is 0.458. The van der Waals surface area contributed by atoms with Gasteiger partial charge in [0.2, 0.25) is 15.9 Å². The minimum atomic E-state index is -3.47. The van der Waals surface area contributed by atoms with Gasteiger partial charge in [0.25, 0.3) is 0 Å². The van der Waals surface area contributed by atoms with E-state index in [1.54, 1.807) is 24.3 Å². The van der Waals surface area contributed by atoms with Crippen molar-refractivity contribution in [2.75, 3.05) is 24.2 Å². The van der Waals surface area contributed by atoms with Crippen molar-refractivity contribution in [1.29, 1.82) is 0 Å². The van der Waals surface area contributed by atoms with Crippen molar-refractivity contribution in [3.63, 3.8) is 0 Å². The highest BCUT2D eigenvalue weighted by Gasteiger charge is 2.24. The van der Waals surface area contributed by atoms with E-state index in [0.29, 0.717) is 17.9 Å². The molecule has 2 rings (SSSR count). The largest absolute Gasteiger partial charge is 0.497 e. The smallest absolute Gasteiger partial charge is 0.232 e. The summed E-state index contributed by atoms with van der Waals surface area (Å²) in [5, 5.41) is 3.05. The number of nitrogens with zero attached hydrogens (tertiary/aromatic N) is 1. The lowest BCUT2D eigenvalue weighted by Crippen LogP contribution is -2.38. The van der Waals surface area contributed by atoms with Crippen molar-refractivity contribution in [2.45, 2.75) is 51.5 Å². The van der Waals surface area contributed by atoms with E-state index in [9.17, 15) is 13.2 Å². The highest BCUT2D eigenvalue weighted by Crippen LogP contribution is 2.28. The number of carbonyl (C=O) groups excluding carboxylic acids is 1. The first-order chi connectivity index (χ1) is 14.5. The molecule has 0 spiro atoms. The number of benzene rings is 2. The molecule has 1 amide bonds. The molecule has 0 aromatic heterocycles. The SMILES string of the molecule is COc1cccc(N(CCCC(=O)N[C@@H](C)CC(C)(C)c2ccccc2)S(C)(=O)=O)c1. The summed E-state index contributed by atoms with van der Waals surface area (Å²) in [6, 6.07) is 17.2. The van der Waals surface area contributed by atoms with Crippen molar-refractivity contribution < 1.29 is 17.9 Å². The van der Waals surface area contributed by atoms with Gasteiger partial charge < -0.3 is 10.1 Å². The van der Waals surface area contributed by atoms with Gasteiger partial charge in [-0.05, 0) is 42.9 Å². The van der Waals surface area contributed by atoms with Crippen molar-refractivity contribution in [3.8, 4) is 5.75 Å². The molecule has 2 aromatic rings. The Hall–Kier alpha value is -2.54. The third-order valence-electron chi connectivity index (χ3n) is 5.29. The number of hydrogen-bond donors (Lipinski definition) is 1. The summed E-state index contributed by atoms with van der Waals surface area (Å²) in [6.07, 6.45) is 2.65. The molecule has 31 heavy (non-hydrogen) atoms. The van der Waals surface area contributed by atoms with E-state index in [-0.39, 0.29) is 30.3 Å². The van der Waals surface area contributed by atoms with E-state index in [0.717, 1.165) is 6.42 Å². The van der Waals surface area contributed by atoms with Crippen molar-refractivity contribution in [1.82, 2.24) is 5.32 Å². The minimum Gasteiger partial charge on any atom is -0.497 e. The van der Waals surface area contributed by atoms with Gasteiger partial charge in [-0.15, -0.1) is 0 Å². The lowest BCUT2D eigenvalue weighted by Gasteiger charge is -2.29. The average molecular weight is 447 g/mol. The summed E-state index contributed by atoms with van der Waals surface area (Å²) in [7, 11) is -1.94. The molecule has 0 radical (unpaired) electrons. The first-order valence-corrected chi connectivity index (χ1v) is 12.3. The zero-order chi connectivity index (χ0) is 23.1. The van der Waals surface area contributed by atoms with Crippen LogP contribution in [0.1, 0.15) is 45.6 Å². The van der Waals surface area contributed by atoms with Crippen LogP contribution in [0.2, 0.25) is 0 Å². The van der Waals surface area contributed by atoms with Gasteiger partial charge in [-0.1, -0.05) is 50.2 Å². The second-order valence-corrected chi connectivity index (χ2v) is 10.5. The maximum absolute atomic E-state index is 12.4. The van der Waals surface area contributed by atoms with E-state index in [1.165, 1.54) is 23.2 Å². The molecule has 0 aliphatic carbocycles.